The number of rotatable bonds is 6. The van der Waals surface area contributed by atoms with Crippen molar-refractivity contribution in [2.24, 2.45) is 0 Å². The van der Waals surface area contributed by atoms with E-state index in [0.717, 1.165) is 40.7 Å². The van der Waals surface area contributed by atoms with Gasteiger partial charge in [-0.25, -0.2) is 0 Å². The van der Waals surface area contributed by atoms with Gasteiger partial charge in [0.1, 0.15) is 0 Å². The number of fused-ring (bicyclic) bond motifs is 2. The SMILES string of the molecule is COS(=O)(=O)N(C)c1ccc2c(c1)N(CCCCl)c1ccccc1S2. The van der Waals surface area contributed by atoms with Crippen molar-refractivity contribution in [1.82, 2.24) is 0 Å². The third-order valence-electron chi connectivity index (χ3n) is 4.03. The summed E-state index contributed by atoms with van der Waals surface area (Å²) in [5, 5.41) is 0. The normalized spacial score (nSPS) is 13.3. The quantitative estimate of drug-likeness (QED) is 0.681. The van der Waals surface area contributed by atoms with Gasteiger partial charge in [-0.3, -0.25) is 8.49 Å². The number of anilines is 3. The second kappa shape index (κ2) is 7.45. The Balaban J connectivity index is 2.06. The first kappa shape index (κ1) is 18.4. The maximum atomic E-state index is 12.0. The zero-order valence-electron chi connectivity index (χ0n) is 14.0. The van der Waals surface area contributed by atoms with Crippen molar-refractivity contribution in [3.05, 3.63) is 42.5 Å². The summed E-state index contributed by atoms with van der Waals surface area (Å²) in [6.07, 6.45) is 0.830. The number of halogens is 1. The highest BCUT2D eigenvalue weighted by Gasteiger charge is 2.25. The van der Waals surface area contributed by atoms with Crippen LogP contribution in [0.15, 0.2) is 52.3 Å². The van der Waals surface area contributed by atoms with E-state index in [9.17, 15) is 8.42 Å². The number of nitrogens with zero attached hydrogens (tertiary/aromatic N) is 2. The van der Waals surface area contributed by atoms with Crippen LogP contribution in [0.25, 0.3) is 0 Å². The van der Waals surface area contributed by atoms with Crippen LogP contribution < -0.4 is 9.21 Å². The average molecular weight is 399 g/mol. The predicted octanol–water partition coefficient (Wildman–Crippen LogP) is 4.25. The number of hydrogen-bond donors (Lipinski definition) is 0. The Morgan fingerprint density at radius 2 is 1.88 bits per heavy atom. The minimum atomic E-state index is -3.79. The predicted molar refractivity (Wildman–Crippen MR) is 104 cm³/mol. The summed E-state index contributed by atoms with van der Waals surface area (Å²) in [5.74, 6) is 0.568. The van der Waals surface area contributed by atoms with Crippen LogP contribution in [-0.2, 0) is 14.5 Å². The average Bonchev–Trinajstić information content (AvgIpc) is 2.64. The first-order valence-corrected chi connectivity index (χ1v) is 10.5. The molecule has 0 radical (unpaired) electrons. The molecule has 0 fully saturated rings. The summed E-state index contributed by atoms with van der Waals surface area (Å²) in [6.45, 7) is 0.762. The molecule has 0 bridgehead atoms. The Morgan fingerprint density at radius 1 is 1.16 bits per heavy atom. The molecule has 0 aromatic heterocycles. The van der Waals surface area contributed by atoms with E-state index >= 15 is 0 Å². The van der Waals surface area contributed by atoms with E-state index in [2.05, 4.69) is 21.2 Å². The van der Waals surface area contributed by atoms with Gasteiger partial charge in [-0.1, -0.05) is 23.9 Å². The molecule has 8 heteroatoms. The van der Waals surface area contributed by atoms with Gasteiger partial charge in [0.15, 0.2) is 0 Å². The van der Waals surface area contributed by atoms with Crippen LogP contribution in [0, 0.1) is 0 Å². The summed E-state index contributed by atoms with van der Waals surface area (Å²) in [6, 6.07) is 13.8. The summed E-state index contributed by atoms with van der Waals surface area (Å²) in [7, 11) is -1.15. The van der Waals surface area contributed by atoms with Gasteiger partial charge in [0.2, 0.25) is 0 Å². The highest BCUT2D eigenvalue weighted by molar-refractivity contribution is 7.99. The Hall–Kier alpha value is -1.41. The molecule has 2 aromatic rings. The summed E-state index contributed by atoms with van der Waals surface area (Å²) in [5.41, 5.74) is 2.64. The van der Waals surface area contributed by atoms with Gasteiger partial charge in [-0.2, -0.15) is 8.42 Å². The molecule has 0 aliphatic carbocycles. The van der Waals surface area contributed by atoms with Crippen LogP contribution in [0.5, 0.6) is 0 Å². The maximum absolute atomic E-state index is 12.0. The molecule has 1 aliphatic heterocycles. The molecule has 0 N–H and O–H groups in total. The molecule has 2 aromatic carbocycles. The summed E-state index contributed by atoms with van der Waals surface area (Å²) >= 11 is 7.58. The zero-order chi connectivity index (χ0) is 18.0. The lowest BCUT2D eigenvalue weighted by Gasteiger charge is -2.33. The van der Waals surface area contributed by atoms with Gasteiger partial charge in [0, 0.05) is 29.3 Å². The molecule has 1 aliphatic rings. The first-order valence-electron chi connectivity index (χ1n) is 7.77. The Labute approximate surface area is 157 Å². The third-order valence-corrected chi connectivity index (χ3v) is 6.73. The number of hydrogen-bond acceptors (Lipinski definition) is 5. The molecule has 0 spiro atoms. The zero-order valence-corrected chi connectivity index (χ0v) is 16.4. The minimum absolute atomic E-state index is 0.552. The van der Waals surface area contributed by atoms with E-state index < -0.39 is 10.3 Å². The van der Waals surface area contributed by atoms with Crippen molar-refractivity contribution in [2.75, 3.05) is 35.8 Å². The van der Waals surface area contributed by atoms with Gasteiger partial charge in [0.25, 0.3) is 0 Å². The monoisotopic (exact) mass is 398 g/mol. The van der Waals surface area contributed by atoms with Gasteiger partial charge in [-0.05, 0) is 36.8 Å². The first-order chi connectivity index (χ1) is 12.0. The lowest BCUT2D eigenvalue weighted by molar-refractivity contribution is 0.396. The Bertz CT molecular complexity index is 874. The van der Waals surface area contributed by atoms with E-state index in [1.165, 1.54) is 11.9 Å². The summed E-state index contributed by atoms with van der Waals surface area (Å²) < 4.78 is 29.7. The number of benzene rings is 2. The Morgan fingerprint density at radius 3 is 2.60 bits per heavy atom. The van der Waals surface area contributed by atoms with Crippen molar-refractivity contribution in [1.29, 1.82) is 0 Å². The molecule has 134 valence electrons. The second-order valence-electron chi connectivity index (χ2n) is 5.51. The second-order valence-corrected chi connectivity index (χ2v) is 8.71. The van der Waals surface area contributed by atoms with E-state index in [1.807, 2.05) is 24.3 Å². The van der Waals surface area contributed by atoms with Crippen LogP contribution in [0.4, 0.5) is 17.1 Å². The standard InChI is InChI=1S/C17H19ClN2O3S2/c1-19(25(21,22)23-2)13-8-9-17-15(12-13)20(11-5-10-18)14-6-3-4-7-16(14)24-17/h3-4,6-9,12H,5,10-11H2,1-2H3. The van der Waals surface area contributed by atoms with E-state index in [0.29, 0.717) is 11.6 Å². The highest BCUT2D eigenvalue weighted by atomic mass is 35.5. The largest absolute Gasteiger partial charge is 0.361 e. The van der Waals surface area contributed by atoms with Crippen molar-refractivity contribution < 1.29 is 12.6 Å². The van der Waals surface area contributed by atoms with E-state index in [4.69, 9.17) is 11.6 Å². The topological polar surface area (TPSA) is 49.9 Å². The third kappa shape index (κ3) is 3.60. The van der Waals surface area contributed by atoms with Crippen molar-refractivity contribution in [3.8, 4) is 0 Å². The molecule has 0 unspecified atom stereocenters. The molecule has 3 rings (SSSR count). The summed E-state index contributed by atoms with van der Waals surface area (Å²) in [4.78, 5) is 4.45. The Kier molecular flexibility index (Phi) is 5.48. The van der Waals surface area contributed by atoms with Crippen molar-refractivity contribution in [2.45, 2.75) is 16.2 Å². The minimum Gasteiger partial charge on any atom is -0.340 e. The lowest BCUT2D eigenvalue weighted by atomic mass is 10.2. The molecule has 25 heavy (non-hydrogen) atoms. The van der Waals surface area contributed by atoms with Crippen LogP contribution >= 0.6 is 23.4 Å². The van der Waals surface area contributed by atoms with E-state index in [-0.39, 0.29) is 0 Å². The van der Waals surface area contributed by atoms with Gasteiger partial charge >= 0.3 is 10.3 Å². The molecule has 0 saturated heterocycles. The van der Waals surface area contributed by atoms with Crippen LogP contribution in [0.2, 0.25) is 0 Å². The molecule has 5 nitrogen and oxygen atoms in total. The highest BCUT2D eigenvalue weighted by Crippen LogP contribution is 2.49. The number of alkyl halides is 1. The van der Waals surface area contributed by atoms with Gasteiger partial charge in [0.05, 0.1) is 24.2 Å². The molecule has 1 heterocycles. The van der Waals surface area contributed by atoms with Crippen LogP contribution in [0.3, 0.4) is 0 Å². The maximum Gasteiger partial charge on any atom is 0.361 e. The van der Waals surface area contributed by atoms with Gasteiger partial charge < -0.3 is 4.90 Å². The van der Waals surface area contributed by atoms with E-state index in [1.54, 1.807) is 17.8 Å². The molecular weight excluding hydrogens is 380 g/mol. The molecule has 0 amide bonds. The fourth-order valence-electron chi connectivity index (χ4n) is 2.71. The van der Waals surface area contributed by atoms with Gasteiger partial charge in [-0.15, -0.1) is 11.6 Å². The fourth-order valence-corrected chi connectivity index (χ4v) is 4.50. The van der Waals surface area contributed by atoms with Crippen LogP contribution in [0.1, 0.15) is 6.42 Å². The molecular formula is C17H19ClN2O3S2. The fraction of sp³-hybridized carbons (Fsp3) is 0.294. The smallest absolute Gasteiger partial charge is 0.340 e. The lowest BCUT2D eigenvalue weighted by Crippen LogP contribution is -2.28. The molecule has 0 atom stereocenters. The van der Waals surface area contributed by atoms with Crippen molar-refractivity contribution in [3.63, 3.8) is 0 Å². The number of para-hydroxylation sites is 1. The van der Waals surface area contributed by atoms with Crippen LogP contribution in [-0.4, -0.2) is 35.0 Å². The molecule has 0 saturated carbocycles. The van der Waals surface area contributed by atoms with Crippen molar-refractivity contribution >= 4 is 50.7 Å².